The van der Waals surface area contributed by atoms with Crippen LogP contribution in [0.4, 0.5) is 5.13 Å². The van der Waals surface area contributed by atoms with Gasteiger partial charge < -0.3 is 15.5 Å². The quantitative estimate of drug-likeness (QED) is 0.564. The summed E-state index contributed by atoms with van der Waals surface area (Å²) in [6.45, 7) is 7.13. The standard InChI is InChI=1S/C26H41N3O3S/c1-15(4-9-23(32)28-24-29-27-14-33-24)19-7-8-20-18-6-5-16-12-17(30)10-11-25(16,2)21(18)13-22(31)26(19,20)3/h14-22,30-31H,4-13H2,1-3H3,(H,28,29,32). The molecule has 184 valence electrons. The van der Waals surface area contributed by atoms with Crippen molar-refractivity contribution in [2.75, 3.05) is 5.32 Å². The molecule has 0 aromatic carbocycles. The van der Waals surface area contributed by atoms with Crippen molar-refractivity contribution in [3.63, 3.8) is 0 Å². The van der Waals surface area contributed by atoms with Crippen LogP contribution in [-0.2, 0) is 4.79 Å². The highest BCUT2D eigenvalue weighted by Gasteiger charge is 2.63. The first kappa shape index (κ1) is 23.7. The Morgan fingerprint density at radius 3 is 2.76 bits per heavy atom. The van der Waals surface area contributed by atoms with Gasteiger partial charge in [0.25, 0.3) is 0 Å². The Hall–Kier alpha value is -1.05. The average molecular weight is 476 g/mol. The number of carbonyl (C=O) groups excluding carboxylic acids is 1. The normalized spacial score (nSPS) is 45.5. The van der Waals surface area contributed by atoms with Gasteiger partial charge in [-0.25, -0.2) is 0 Å². The van der Waals surface area contributed by atoms with Crippen LogP contribution in [0.5, 0.6) is 0 Å². The summed E-state index contributed by atoms with van der Waals surface area (Å²) in [5.74, 6) is 3.36. The van der Waals surface area contributed by atoms with Gasteiger partial charge in [-0.2, -0.15) is 0 Å². The molecule has 3 N–H and O–H groups in total. The first-order chi connectivity index (χ1) is 15.7. The van der Waals surface area contributed by atoms with Crippen LogP contribution in [0.1, 0.15) is 85.0 Å². The summed E-state index contributed by atoms with van der Waals surface area (Å²) in [4.78, 5) is 12.4. The Morgan fingerprint density at radius 2 is 2.00 bits per heavy atom. The summed E-state index contributed by atoms with van der Waals surface area (Å²) in [5.41, 5.74) is 1.85. The van der Waals surface area contributed by atoms with Crippen LogP contribution in [0.3, 0.4) is 0 Å². The van der Waals surface area contributed by atoms with E-state index in [1.54, 1.807) is 5.51 Å². The van der Waals surface area contributed by atoms with E-state index in [0.29, 0.717) is 47.1 Å². The molecule has 33 heavy (non-hydrogen) atoms. The SMILES string of the molecule is CC(CCC(=O)Nc1nncs1)C1CCC2C3CCC4CC(O)CCC4(C)C3CC(O)C12C. The number of nitrogens with zero attached hydrogens (tertiary/aromatic N) is 2. The lowest BCUT2D eigenvalue weighted by molar-refractivity contribution is -0.174. The highest BCUT2D eigenvalue weighted by atomic mass is 32.1. The van der Waals surface area contributed by atoms with Crippen LogP contribution in [0.25, 0.3) is 0 Å². The second-order valence-electron chi connectivity index (χ2n) is 12.2. The Balaban J connectivity index is 1.27. The predicted molar refractivity (Wildman–Crippen MR) is 130 cm³/mol. The van der Waals surface area contributed by atoms with Gasteiger partial charge in [-0.3, -0.25) is 4.79 Å². The highest BCUT2D eigenvalue weighted by molar-refractivity contribution is 7.13. The largest absolute Gasteiger partial charge is 0.393 e. The smallest absolute Gasteiger partial charge is 0.226 e. The second-order valence-corrected chi connectivity index (χ2v) is 13.0. The summed E-state index contributed by atoms with van der Waals surface area (Å²) in [6.07, 6.45) is 9.72. The Kier molecular flexibility index (Phi) is 6.36. The third kappa shape index (κ3) is 3.96. The van der Waals surface area contributed by atoms with Gasteiger partial charge in [0, 0.05) is 6.42 Å². The minimum absolute atomic E-state index is 0.00768. The molecule has 0 aliphatic heterocycles. The zero-order valence-corrected chi connectivity index (χ0v) is 21.2. The van der Waals surface area contributed by atoms with Gasteiger partial charge in [0.1, 0.15) is 5.51 Å². The van der Waals surface area contributed by atoms with E-state index < -0.39 is 0 Å². The molecule has 4 aliphatic carbocycles. The minimum atomic E-state index is -0.267. The molecule has 10 atom stereocenters. The fourth-order valence-corrected chi connectivity index (χ4v) is 9.59. The number of amides is 1. The first-order valence-corrected chi connectivity index (χ1v) is 14.0. The molecular weight excluding hydrogens is 434 g/mol. The maximum atomic E-state index is 12.4. The van der Waals surface area contributed by atoms with Crippen LogP contribution >= 0.6 is 11.3 Å². The molecule has 4 fully saturated rings. The first-order valence-electron chi connectivity index (χ1n) is 13.2. The fourth-order valence-electron chi connectivity index (χ4n) is 9.13. The van der Waals surface area contributed by atoms with Crippen LogP contribution in [0, 0.1) is 46.3 Å². The maximum absolute atomic E-state index is 12.4. The number of rotatable bonds is 5. The number of aromatic nitrogens is 2. The predicted octanol–water partition coefficient (Wildman–Crippen LogP) is 4.88. The topological polar surface area (TPSA) is 95.3 Å². The molecule has 4 saturated carbocycles. The van der Waals surface area contributed by atoms with E-state index in [1.807, 2.05) is 0 Å². The Morgan fingerprint density at radius 1 is 1.18 bits per heavy atom. The van der Waals surface area contributed by atoms with E-state index in [2.05, 4.69) is 36.3 Å². The number of aliphatic hydroxyl groups excluding tert-OH is 2. The molecule has 1 heterocycles. The molecule has 1 aromatic heterocycles. The number of aliphatic hydroxyl groups is 2. The lowest BCUT2D eigenvalue weighted by Gasteiger charge is -2.62. The Bertz CT molecular complexity index is 850. The number of carbonyl (C=O) groups is 1. The molecule has 1 aromatic rings. The van der Waals surface area contributed by atoms with E-state index in [4.69, 9.17) is 0 Å². The van der Waals surface area contributed by atoms with Crippen molar-refractivity contribution >= 4 is 22.4 Å². The third-order valence-electron chi connectivity index (χ3n) is 10.9. The van der Waals surface area contributed by atoms with E-state index in [1.165, 1.54) is 37.0 Å². The van der Waals surface area contributed by atoms with Crippen LogP contribution in [0.2, 0.25) is 0 Å². The number of fused-ring (bicyclic) bond motifs is 5. The van der Waals surface area contributed by atoms with Gasteiger partial charge in [-0.1, -0.05) is 32.1 Å². The minimum Gasteiger partial charge on any atom is -0.393 e. The number of hydrogen-bond acceptors (Lipinski definition) is 6. The number of hydrogen-bond donors (Lipinski definition) is 3. The van der Waals surface area contributed by atoms with Crippen LogP contribution < -0.4 is 5.32 Å². The number of nitrogens with one attached hydrogen (secondary N) is 1. The van der Waals surface area contributed by atoms with E-state index in [9.17, 15) is 15.0 Å². The van der Waals surface area contributed by atoms with Crippen LogP contribution in [0.15, 0.2) is 5.51 Å². The maximum Gasteiger partial charge on any atom is 0.226 e. The van der Waals surface area contributed by atoms with Gasteiger partial charge in [-0.05, 0) is 104 Å². The summed E-state index contributed by atoms with van der Waals surface area (Å²) in [5, 5.41) is 33.0. The van der Waals surface area contributed by atoms with Crippen molar-refractivity contribution < 1.29 is 15.0 Å². The lowest BCUT2D eigenvalue weighted by Crippen LogP contribution is -2.58. The molecule has 0 saturated heterocycles. The van der Waals surface area contributed by atoms with Gasteiger partial charge in [0.05, 0.1) is 12.2 Å². The monoisotopic (exact) mass is 475 g/mol. The van der Waals surface area contributed by atoms with Gasteiger partial charge in [-0.15, -0.1) is 10.2 Å². The molecule has 1 amide bonds. The molecule has 0 bridgehead atoms. The third-order valence-corrected chi connectivity index (χ3v) is 11.5. The molecular formula is C26H41N3O3S. The molecule has 10 unspecified atom stereocenters. The van der Waals surface area contributed by atoms with Crippen molar-refractivity contribution in [2.24, 2.45) is 46.3 Å². The van der Waals surface area contributed by atoms with Crippen molar-refractivity contribution in [3.8, 4) is 0 Å². The molecule has 7 heteroatoms. The molecule has 4 aliphatic rings. The highest BCUT2D eigenvalue weighted by Crippen LogP contribution is 2.68. The summed E-state index contributed by atoms with van der Waals surface area (Å²) in [6, 6.07) is 0. The molecule has 6 nitrogen and oxygen atoms in total. The summed E-state index contributed by atoms with van der Waals surface area (Å²) < 4.78 is 0. The van der Waals surface area contributed by atoms with Gasteiger partial charge in [0.2, 0.25) is 11.0 Å². The van der Waals surface area contributed by atoms with Crippen molar-refractivity contribution in [1.29, 1.82) is 0 Å². The molecule has 5 rings (SSSR count). The average Bonchev–Trinajstić information content (AvgIpc) is 3.41. The Labute approximate surface area is 202 Å². The summed E-state index contributed by atoms with van der Waals surface area (Å²) >= 11 is 1.34. The molecule has 0 radical (unpaired) electrons. The zero-order chi connectivity index (χ0) is 23.4. The zero-order valence-electron chi connectivity index (χ0n) is 20.4. The van der Waals surface area contributed by atoms with Crippen molar-refractivity contribution in [3.05, 3.63) is 5.51 Å². The van der Waals surface area contributed by atoms with Crippen molar-refractivity contribution in [1.82, 2.24) is 10.2 Å². The lowest BCUT2D eigenvalue weighted by atomic mass is 9.43. The molecule has 0 spiro atoms. The van der Waals surface area contributed by atoms with Crippen LogP contribution in [-0.4, -0.2) is 38.5 Å². The number of anilines is 1. The fraction of sp³-hybridized carbons (Fsp3) is 0.885. The van der Waals surface area contributed by atoms with Gasteiger partial charge >= 0.3 is 0 Å². The van der Waals surface area contributed by atoms with Crippen molar-refractivity contribution in [2.45, 2.75) is 97.2 Å². The second kappa shape index (κ2) is 8.87. The van der Waals surface area contributed by atoms with Gasteiger partial charge in [0.15, 0.2) is 0 Å². The van der Waals surface area contributed by atoms with E-state index in [-0.39, 0.29) is 28.9 Å². The summed E-state index contributed by atoms with van der Waals surface area (Å²) in [7, 11) is 0. The van der Waals surface area contributed by atoms with E-state index in [0.717, 1.165) is 32.1 Å². The van der Waals surface area contributed by atoms with E-state index >= 15 is 0 Å².